The van der Waals surface area contributed by atoms with Gasteiger partial charge in [-0.3, -0.25) is 9.69 Å². The van der Waals surface area contributed by atoms with E-state index in [0.717, 1.165) is 0 Å². The summed E-state index contributed by atoms with van der Waals surface area (Å²) < 4.78 is 0. The zero-order chi connectivity index (χ0) is 11.7. The summed E-state index contributed by atoms with van der Waals surface area (Å²) in [7, 11) is 0. The topological polar surface area (TPSA) is 59.2 Å². The molecule has 1 unspecified atom stereocenters. The molecule has 2 N–H and O–H groups in total. The number of aromatic nitrogens is 1. The molecule has 2 heterocycles. The van der Waals surface area contributed by atoms with Gasteiger partial charge in [-0.05, 0) is 6.07 Å². The molecule has 1 aromatic heterocycles. The summed E-state index contributed by atoms with van der Waals surface area (Å²) in [6, 6.07) is 1.57. The van der Waals surface area contributed by atoms with Crippen molar-refractivity contribution < 1.29 is 4.79 Å². The van der Waals surface area contributed by atoms with Crippen molar-refractivity contribution in [3.05, 3.63) is 17.3 Å². The van der Waals surface area contributed by atoms with Crippen LogP contribution in [-0.2, 0) is 4.79 Å². The van der Waals surface area contributed by atoms with Crippen molar-refractivity contribution >= 4 is 29.0 Å². The van der Waals surface area contributed by atoms with Gasteiger partial charge < -0.3 is 5.73 Å². The lowest BCUT2D eigenvalue weighted by molar-refractivity contribution is -0.117. The second kappa shape index (κ2) is 4.03. The van der Waals surface area contributed by atoms with Gasteiger partial charge in [0.05, 0.1) is 10.7 Å². The van der Waals surface area contributed by atoms with Crippen LogP contribution in [0.2, 0.25) is 5.02 Å². The number of carbonyl (C=O) groups is 1. The molecule has 82 valence electrons. The summed E-state index contributed by atoms with van der Waals surface area (Å²) in [6.07, 6.45) is 7.11. The first kappa shape index (κ1) is 10.8. The largest absolute Gasteiger partial charge is 0.396 e. The Hall–Kier alpha value is -1.73. The van der Waals surface area contributed by atoms with Crippen LogP contribution in [0, 0.1) is 18.3 Å². The fourth-order valence-corrected chi connectivity index (χ4v) is 1.86. The van der Waals surface area contributed by atoms with E-state index in [2.05, 4.69) is 10.9 Å². The Balaban J connectivity index is 2.32. The maximum Gasteiger partial charge on any atom is 0.229 e. The Morgan fingerprint density at radius 3 is 3.00 bits per heavy atom. The second-order valence-corrected chi connectivity index (χ2v) is 4.07. The molecule has 2 rings (SSSR count). The van der Waals surface area contributed by atoms with Gasteiger partial charge in [-0.25, -0.2) is 4.98 Å². The lowest BCUT2D eigenvalue weighted by Gasteiger charge is -2.16. The number of nitrogen functional groups attached to an aromatic ring is 1. The number of rotatable bonds is 1. The van der Waals surface area contributed by atoms with Crippen molar-refractivity contribution in [1.29, 1.82) is 0 Å². The Labute approximate surface area is 98.4 Å². The van der Waals surface area contributed by atoms with Crippen molar-refractivity contribution in [2.75, 3.05) is 17.2 Å². The molecular formula is C11H10ClN3O. The van der Waals surface area contributed by atoms with Gasteiger partial charge in [0, 0.05) is 25.1 Å². The molecule has 0 aromatic carbocycles. The highest BCUT2D eigenvalue weighted by Crippen LogP contribution is 2.28. The van der Waals surface area contributed by atoms with E-state index in [1.807, 2.05) is 0 Å². The molecule has 0 spiro atoms. The number of nitrogens with two attached hydrogens (primary N) is 1. The molecule has 1 saturated heterocycles. The maximum absolute atomic E-state index is 11.7. The minimum absolute atomic E-state index is 0.0514. The summed E-state index contributed by atoms with van der Waals surface area (Å²) in [5.41, 5.74) is 6.15. The monoisotopic (exact) mass is 235 g/mol. The number of carbonyl (C=O) groups excluding carboxylic acids is 1. The highest BCUT2D eigenvalue weighted by Gasteiger charge is 2.31. The van der Waals surface area contributed by atoms with E-state index in [0.29, 0.717) is 29.5 Å². The summed E-state index contributed by atoms with van der Waals surface area (Å²) in [5.74, 6) is 2.89. The van der Waals surface area contributed by atoms with Gasteiger partial charge in [-0.2, -0.15) is 0 Å². The van der Waals surface area contributed by atoms with Crippen molar-refractivity contribution in [3.63, 3.8) is 0 Å². The molecule has 0 aliphatic carbocycles. The summed E-state index contributed by atoms with van der Waals surface area (Å²) in [6.45, 7) is 0.466. The number of pyridine rings is 1. The van der Waals surface area contributed by atoms with Gasteiger partial charge in [0.1, 0.15) is 0 Å². The molecule has 1 aliphatic rings. The third kappa shape index (κ3) is 1.82. The predicted octanol–water partition coefficient (Wildman–Crippen LogP) is 1.30. The van der Waals surface area contributed by atoms with Crippen molar-refractivity contribution in [1.82, 2.24) is 4.98 Å². The zero-order valence-electron chi connectivity index (χ0n) is 8.48. The van der Waals surface area contributed by atoms with Gasteiger partial charge in [-0.15, -0.1) is 12.3 Å². The van der Waals surface area contributed by atoms with E-state index in [9.17, 15) is 4.79 Å². The first-order valence-electron chi connectivity index (χ1n) is 4.79. The van der Waals surface area contributed by atoms with Crippen LogP contribution in [0.15, 0.2) is 12.3 Å². The van der Waals surface area contributed by atoms with Crippen molar-refractivity contribution in [2.45, 2.75) is 6.42 Å². The van der Waals surface area contributed by atoms with Gasteiger partial charge in [0.15, 0.2) is 5.82 Å². The Bertz CT molecular complexity index is 481. The van der Waals surface area contributed by atoms with Crippen LogP contribution in [0.1, 0.15) is 6.42 Å². The van der Waals surface area contributed by atoms with Crippen molar-refractivity contribution in [2.24, 2.45) is 5.92 Å². The second-order valence-electron chi connectivity index (χ2n) is 3.64. The third-order valence-corrected chi connectivity index (χ3v) is 2.68. The lowest BCUT2D eigenvalue weighted by atomic mass is 10.1. The van der Waals surface area contributed by atoms with Crippen LogP contribution in [-0.4, -0.2) is 17.4 Å². The molecule has 1 fully saturated rings. The standard InChI is InChI=1S/C11H10ClN3O/c1-2-7-3-10(16)15(6-7)11-9(13)4-8(12)5-14-11/h1,4-5,7H,3,6,13H2. The SMILES string of the molecule is C#CC1CC(=O)N(c2ncc(Cl)cc2N)C1. The van der Waals surface area contributed by atoms with Crippen LogP contribution in [0.5, 0.6) is 0 Å². The Kier molecular flexibility index (Phi) is 2.71. The maximum atomic E-state index is 11.7. The smallest absolute Gasteiger partial charge is 0.229 e. The average molecular weight is 236 g/mol. The number of amides is 1. The third-order valence-electron chi connectivity index (χ3n) is 2.48. The summed E-state index contributed by atoms with van der Waals surface area (Å²) in [5, 5.41) is 0.446. The Morgan fingerprint density at radius 2 is 2.44 bits per heavy atom. The molecule has 0 radical (unpaired) electrons. The van der Waals surface area contributed by atoms with E-state index < -0.39 is 0 Å². The summed E-state index contributed by atoms with van der Waals surface area (Å²) >= 11 is 5.74. The fourth-order valence-electron chi connectivity index (χ4n) is 1.70. The first-order chi connectivity index (χ1) is 7.61. The van der Waals surface area contributed by atoms with Gasteiger partial charge >= 0.3 is 0 Å². The quantitative estimate of drug-likeness (QED) is 0.747. The van der Waals surface area contributed by atoms with E-state index in [1.165, 1.54) is 11.1 Å². The van der Waals surface area contributed by atoms with Crippen LogP contribution >= 0.6 is 11.6 Å². The fraction of sp³-hybridized carbons (Fsp3) is 0.273. The van der Waals surface area contributed by atoms with E-state index >= 15 is 0 Å². The molecule has 1 atom stereocenters. The zero-order valence-corrected chi connectivity index (χ0v) is 9.24. The number of halogens is 1. The van der Waals surface area contributed by atoms with Gasteiger partial charge in [0.25, 0.3) is 0 Å². The average Bonchev–Trinajstić information content (AvgIpc) is 2.60. The van der Waals surface area contributed by atoms with Crippen LogP contribution in [0.4, 0.5) is 11.5 Å². The van der Waals surface area contributed by atoms with Crippen LogP contribution in [0.3, 0.4) is 0 Å². The Morgan fingerprint density at radius 1 is 1.69 bits per heavy atom. The molecule has 16 heavy (non-hydrogen) atoms. The predicted molar refractivity (Wildman–Crippen MR) is 63.0 cm³/mol. The molecule has 1 aromatic rings. The molecule has 1 amide bonds. The van der Waals surface area contributed by atoms with E-state index in [-0.39, 0.29) is 11.8 Å². The van der Waals surface area contributed by atoms with Gasteiger partial charge in [0.2, 0.25) is 5.91 Å². The van der Waals surface area contributed by atoms with E-state index in [1.54, 1.807) is 6.07 Å². The van der Waals surface area contributed by atoms with Crippen LogP contribution < -0.4 is 10.6 Å². The number of anilines is 2. The number of nitrogens with zero attached hydrogens (tertiary/aromatic N) is 2. The normalized spacial score (nSPS) is 19.9. The van der Waals surface area contributed by atoms with Crippen LogP contribution in [0.25, 0.3) is 0 Å². The van der Waals surface area contributed by atoms with Crippen molar-refractivity contribution in [3.8, 4) is 12.3 Å². The minimum atomic E-state index is -0.0654. The molecule has 0 bridgehead atoms. The first-order valence-corrected chi connectivity index (χ1v) is 5.17. The molecule has 4 nitrogen and oxygen atoms in total. The highest BCUT2D eigenvalue weighted by molar-refractivity contribution is 6.30. The number of hydrogen-bond acceptors (Lipinski definition) is 3. The molecule has 0 saturated carbocycles. The molecule has 1 aliphatic heterocycles. The minimum Gasteiger partial charge on any atom is -0.396 e. The summed E-state index contributed by atoms with van der Waals surface area (Å²) in [4.78, 5) is 17.3. The van der Waals surface area contributed by atoms with E-state index in [4.69, 9.17) is 23.8 Å². The van der Waals surface area contributed by atoms with Gasteiger partial charge in [-0.1, -0.05) is 11.6 Å². The highest BCUT2D eigenvalue weighted by atomic mass is 35.5. The molecular weight excluding hydrogens is 226 g/mol. The number of hydrogen-bond donors (Lipinski definition) is 1. The lowest BCUT2D eigenvalue weighted by Crippen LogP contribution is -2.26. The number of terminal acetylenes is 1. The molecule has 5 heteroatoms.